The molecule has 0 aromatic heterocycles. The summed E-state index contributed by atoms with van der Waals surface area (Å²) in [7, 11) is 0. The molecule has 0 N–H and O–H groups in total. The largest absolute Gasteiger partial charge is 0.444 e. The molecular weight excluding hydrogens is 304 g/mol. The summed E-state index contributed by atoms with van der Waals surface area (Å²) in [4.78, 5) is 26.3. The molecule has 1 aromatic rings. The topological polar surface area (TPSA) is 49.9 Å². The number of rotatable bonds is 6. The summed E-state index contributed by atoms with van der Waals surface area (Å²) in [6, 6.07) is 7.34. The van der Waals surface area contributed by atoms with Crippen molar-refractivity contribution >= 4 is 24.0 Å². The Labute approximate surface area is 135 Å². The van der Waals surface area contributed by atoms with Gasteiger partial charge in [-0.25, -0.2) is 4.79 Å². The number of aldehydes is 1. The third-order valence-electron chi connectivity index (χ3n) is 3.74. The summed E-state index contributed by atoms with van der Waals surface area (Å²) >= 11 is 6.04. The molecular formula is C16H21ClN2O3. The predicted molar refractivity (Wildman–Crippen MR) is 84.9 cm³/mol. The van der Waals surface area contributed by atoms with E-state index in [0.717, 1.165) is 37.9 Å². The molecule has 0 atom stereocenters. The molecule has 5 nitrogen and oxygen atoms in total. The minimum atomic E-state index is -0.299. The lowest BCUT2D eigenvalue weighted by atomic mass is 10.2. The van der Waals surface area contributed by atoms with Gasteiger partial charge in [-0.3, -0.25) is 4.90 Å². The molecule has 6 heteroatoms. The maximum atomic E-state index is 12.0. The highest BCUT2D eigenvalue weighted by Gasteiger charge is 2.21. The van der Waals surface area contributed by atoms with E-state index in [2.05, 4.69) is 4.90 Å². The third-order valence-corrected chi connectivity index (χ3v) is 4.10. The van der Waals surface area contributed by atoms with E-state index in [1.807, 2.05) is 18.2 Å². The Morgan fingerprint density at radius 2 is 1.95 bits per heavy atom. The molecule has 0 radical (unpaired) electrons. The fourth-order valence-electron chi connectivity index (χ4n) is 2.40. The zero-order valence-corrected chi connectivity index (χ0v) is 13.3. The standard InChI is InChI=1S/C16H21ClN2O3/c17-15-6-2-1-5-14(15)13-22-16(21)19-10-8-18(9-11-19)7-3-4-12-20/h1-2,5-6,12H,3-4,7-11,13H2. The first kappa shape index (κ1) is 16.8. The smallest absolute Gasteiger partial charge is 0.410 e. The fourth-order valence-corrected chi connectivity index (χ4v) is 2.59. The van der Waals surface area contributed by atoms with Gasteiger partial charge in [0.15, 0.2) is 0 Å². The zero-order chi connectivity index (χ0) is 15.8. The zero-order valence-electron chi connectivity index (χ0n) is 12.5. The Kier molecular flexibility index (Phi) is 6.68. The van der Waals surface area contributed by atoms with Crippen LogP contribution in [-0.4, -0.2) is 54.9 Å². The van der Waals surface area contributed by atoms with Crippen molar-refractivity contribution in [3.05, 3.63) is 34.9 Å². The van der Waals surface area contributed by atoms with Crippen LogP contribution in [0.2, 0.25) is 5.02 Å². The van der Waals surface area contributed by atoms with Crippen molar-refractivity contribution in [1.82, 2.24) is 9.80 Å². The molecule has 1 aliphatic heterocycles. The van der Waals surface area contributed by atoms with E-state index in [1.165, 1.54) is 0 Å². The number of carbonyl (C=O) groups excluding carboxylic acids is 2. The molecule has 1 amide bonds. The lowest BCUT2D eigenvalue weighted by Gasteiger charge is -2.34. The van der Waals surface area contributed by atoms with Crippen LogP contribution in [0.15, 0.2) is 24.3 Å². The molecule has 1 aromatic carbocycles. The quantitative estimate of drug-likeness (QED) is 0.596. The highest BCUT2D eigenvalue weighted by atomic mass is 35.5. The number of amides is 1. The number of halogens is 1. The van der Waals surface area contributed by atoms with Gasteiger partial charge >= 0.3 is 6.09 Å². The van der Waals surface area contributed by atoms with Gasteiger partial charge < -0.3 is 14.4 Å². The van der Waals surface area contributed by atoms with Crippen molar-refractivity contribution < 1.29 is 14.3 Å². The van der Waals surface area contributed by atoms with Gasteiger partial charge in [-0.15, -0.1) is 0 Å². The minimum Gasteiger partial charge on any atom is -0.444 e. The number of nitrogens with zero attached hydrogens (tertiary/aromatic N) is 2. The van der Waals surface area contributed by atoms with Gasteiger partial charge in [-0.2, -0.15) is 0 Å². The molecule has 0 saturated carbocycles. The van der Waals surface area contributed by atoms with Gasteiger partial charge in [-0.1, -0.05) is 29.8 Å². The summed E-state index contributed by atoms with van der Waals surface area (Å²) < 4.78 is 5.32. The van der Waals surface area contributed by atoms with Crippen LogP contribution in [0.1, 0.15) is 18.4 Å². The number of carbonyl (C=O) groups is 2. The van der Waals surface area contributed by atoms with Gasteiger partial charge in [0.05, 0.1) is 0 Å². The first-order valence-corrected chi connectivity index (χ1v) is 7.89. The third kappa shape index (κ3) is 5.00. The van der Waals surface area contributed by atoms with Crippen molar-refractivity contribution in [1.29, 1.82) is 0 Å². The van der Waals surface area contributed by atoms with Gasteiger partial charge in [0.1, 0.15) is 12.9 Å². The molecule has 0 spiro atoms. The Hall–Kier alpha value is -1.59. The van der Waals surface area contributed by atoms with Crippen LogP contribution >= 0.6 is 11.6 Å². The van der Waals surface area contributed by atoms with E-state index in [9.17, 15) is 9.59 Å². The second kappa shape index (κ2) is 8.76. The van der Waals surface area contributed by atoms with Crippen LogP contribution in [0.25, 0.3) is 0 Å². The van der Waals surface area contributed by atoms with E-state index in [-0.39, 0.29) is 12.7 Å². The van der Waals surface area contributed by atoms with Crippen LogP contribution in [0.4, 0.5) is 4.79 Å². The van der Waals surface area contributed by atoms with Crippen molar-refractivity contribution in [3.63, 3.8) is 0 Å². The Morgan fingerprint density at radius 1 is 1.23 bits per heavy atom. The number of hydrogen-bond donors (Lipinski definition) is 0. The molecule has 120 valence electrons. The van der Waals surface area contributed by atoms with E-state index < -0.39 is 0 Å². The second-order valence-corrected chi connectivity index (χ2v) is 5.69. The molecule has 1 saturated heterocycles. The summed E-state index contributed by atoms with van der Waals surface area (Å²) in [5.74, 6) is 0. The van der Waals surface area contributed by atoms with Crippen LogP contribution in [0, 0.1) is 0 Å². The number of hydrogen-bond acceptors (Lipinski definition) is 4. The number of ether oxygens (including phenoxy) is 1. The first-order chi connectivity index (χ1) is 10.7. The lowest BCUT2D eigenvalue weighted by Crippen LogP contribution is -2.48. The van der Waals surface area contributed by atoms with Crippen LogP contribution in [-0.2, 0) is 16.1 Å². The number of benzene rings is 1. The summed E-state index contributed by atoms with van der Waals surface area (Å²) in [5, 5.41) is 0.607. The number of piperazine rings is 1. The monoisotopic (exact) mass is 324 g/mol. The van der Waals surface area contributed by atoms with E-state index in [0.29, 0.717) is 24.5 Å². The molecule has 2 rings (SSSR count). The lowest BCUT2D eigenvalue weighted by molar-refractivity contribution is -0.108. The Bertz CT molecular complexity index is 502. The maximum Gasteiger partial charge on any atom is 0.410 e. The second-order valence-electron chi connectivity index (χ2n) is 5.28. The Morgan fingerprint density at radius 3 is 2.64 bits per heavy atom. The van der Waals surface area contributed by atoms with Crippen molar-refractivity contribution in [2.75, 3.05) is 32.7 Å². The molecule has 0 unspecified atom stereocenters. The van der Waals surface area contributed by atoms with Gasteiger partial charge in [-0.05, 0) is 19.0 Å². The SMILES string of the molecule is O=CCCCN1CCN(C(=O)OCc2ccccc2Cl)CC1. The molecule has 0 bridgehead atoms. The fraction of sp³-hybridized carbons (Fsp3) is 0.500. The first-order valence-electron chi connectivity index (χ1n) is 7.52. The van der Waals surface area contributed by atoms with E-state index in [4.69, 9.17) is 16.3 Å². The number of unbranched alkanes of at least 4 members (excludes halogenated alkanes) is 1. The van der Waals surface area contributed by atoms with Gasteiger partial charge in [0, 0.05) is 43.2 Å². The van der Waals surface area contributed by atoms with Crippen molar-refractivity contribution in [2.24, 2.45) is 0 Å². The molecule has 1 fully saturated rings. The van der Waals surface area contributed by atoms with Crippen LogP contribution in [0.3, 0.4) is 0 Å². The average molecular weight is 325 g/mol. The maximum absolute atomic E-state index is 12.0. The Balaban J connectivity index is 1.71. The molecule has 1 aliphatic rings. The van der Waals surface area contributed by atoms with Crippen LogP contribution in [0.5, 0.6) is 0 Å². The van der Waals surface area contributed by atoms with Gasteiger partial charge in [0.25, 0.3) is 0 Å². The predicted octanol–water partition coefficient (Wildman–Crippen LogP) is 2.57. The van der Waals surface area contributed by atoms with E-state index in [1.54, 1.807) is 11.0 Å². The average Bonchev–Trinajstić information content (AvgIpc) is 2.55. The minimum absolute atomic E-state index is 0.193. The highest BCUT2D eigenvalue weighted by Crippen LogP contribution is 2.16. The van der Waals surface area contributed by atoms with Crippen molar-refractivity contribution in [2.45, 2.75) is 19.4 Å². The molecule has 1 heterocycles. The molecule has 0 aliphatic carbocycles. The summed E-state index contributed by atoms with van der Waals surface area (Å²) in [6.45, 7) is 4.05. The summed E-state index contributed by atoms with van der Waals surface area (Å²) in [6.07, 6.45) is 2.12. The van der Waals surface area contributed by atoms with Gasteiger partial charge in [0.2, 0.25) is 0 Å². The van der Waals surface area contributed by atoms with Crippen LogP contribution < -0.4 is 0 Å². The molecule has 22 heavy (non-hydrogen) atoms. The van der Waals surface area contributed by atoms with E-state index >= 15 is 0 Å². The normalized spacial score (nSPS) is 15.6. The summed E-state index contributed by atoms with van der Waals surface area (Å²) in [5.41, 5.74) is 0.810. The highest BCUT2D eigenvalue weighted by molar-refractivity contribution is 6.31. The van der Waals surface area contributed by atoms with Crippen molar-refractivity contribution in [3.8, 4) is 0 Å².